The van der Waals surface area contributed by atoms with E-state index in [0.717, 1.165) is 5.56 Å². The number of oxime groups is 1. The van der Waals surface area contributed by atoms with Gasteiger partial charge in [-0.2, -0.15) is 0 Å². The van der Waals surface area contributed by atoms with E-state index in [1.807, 2.05) is 0 Å². The van der Waals surface area contributed by atoms with Crippen LogP contribution in [0.1, 0.15) is 15.9 Å². The Bertz CT molecular complexity index is 594. The van der Waals surface area contributed by atoms with Crippen molar-refractivity contribution >= 4 is 23.8 Å². The molecule has 0 fully saturated rings. The molecule has 0 amide bonds. The van der Waals surface area contributed by atoms with Crippen LogP contribution in [0.2, 0.25) is 5.02 Å². The fourth-order valence-corrected chi connectivity index (χ4v) is 1.45. The first-order chi connectivity index (χ1) is 9.15. The van der Waals surface area contributed by atoms with Crippen LogP contribution < -0.4 is 0 Å². The summed E-state index contributed by atoms with van der Waals surface area (Å²) in [6, 6.07) is 11.9. The number of carbonyl (C=O) groups is 1. The average molecular weight is 278 g/mol. The van der Waals surface area contributed by atoms with Crippen LogP contribution in [0.15, 0.2) is 53.7 Å². The van der Waals surface area contributed by atoms with Crippen molar-refractivity contribution in [3.05, 3.63) is 70.5 Å². The van der Waals surface area contributed by atoms with Gasteiger partial charge >= 0.3 is 5.97 Å². The van der Waals surface area contributed by atoms with Gasteiger partial charge in [0.15, 0.2) is 0 Å². The first-order valence-electron chi connectivity index (χ1n) is 5.41. The molecule has 0 N–H and O–H groups in total. The molecule has 0 aliphatic carbocycles. The van der Waals surface area contributed by atoms with E-state index >= 15 is 0 Å². The summed E-state index contributed by atoms with van der Waals surface area (Å²) in [7, 11) is 0. The van der Waals surface area contributed by atoms with Crippen LogP contribution >= 0.6 is 11.6 Å². The van der Waals surface area contributed by atoms with Crippen molar-refractivity contribution in [1.82, 2.24) is 0 Å². The second kappa shape index (κ2) is 6.11. The molecule has 0 aliphatic heterocycles. The summed E-state index contributed by atoms with van der Waals surface area (Å²) in [5.41, 5.74) is 0.978. The van der Waals surface area contributed by atoms with Gasteiger partial charge in [0.1, 0.15) is 5.82 Å². The number of carbonyl (C=O) groups excluding carboxylic acids is 1. The highest BCUT2D eigenvalue weighted by atomic mass is 35.5. The highest BCUT2D eigenvalue weighted by Crippen LogP contribution is 2.08. The largest absolute Gasteiger partial charge is 0.365 e. The molecule has 0 bridgehead atoms. The Kier molecular flexibility index (Phi) is 4.26. The Hall–Kier alpha value is -2.20. The molecule has 0 saturated carbocycles. The van der Waals surface area contributed by atoms with Gasteiger partial charge in [-0.05, 0) is 42.0 Å². The van der Waals surface area contributed by atoms with E-state index in [2.05, 4.69) is 9.99 Å². The van der Waals surface area contributed by atoms with Crippen molar-refractivity contribution in [3.8, 4) is 0 Å². The van der Waals surface area contributed by atoms with Gasteiger partial charge in [-0.15, -0.1) is 0 Å². The molecule has 0 saturated heterocycles. The number of halogens is 2. The summed E-state index contributed by atoms with van der Waals surface area (Å²) < 4.78 is 12.7. The minimum Gasteiger partial charge on any atom is -0.313 e. The fraction of sp³-hybridized carbons (Fsp3) is 0. The third-order valence-corrected chi connectivity index (χ3v) is 2.54. The molecule has 2 aromatic carbocycles. The van der Waals surface area contributed by atoms with Crippen molar-refractivity contribution in [2.75, 3.05) is 0 Å². The summed E-state index contributed by atoms with van der Waals surface area (Å²) in [4.78, 5) is 16.2. The SMILES string of the molecule is O=C(O/N=C\c1ccc(Cl)cc1)c1ccc(F)cc1. The van der Waals surface area contributed by atoms with Crippen molar-refractivity contribution in [1.29, 1.82) is 0 Å². The lowest BCUT2D eigenvalue weighted by Gasteiger charge is -1.97. The van der Waals surface area contributed by atoms with E-state index < -0.39 is 11.8 Å². The number of rotatable bonds is 3. The summed E-state index contributed by atoms with van der Waals surface area (Å²) in [6.07, 6.45) is 1.39. The first-order valence-corrected chi connectivity index (χ1v) is 5.79. The zero-order chi connectivity index (χ0) is 13.7. The molecule has 0 unspecified atom stereocenters. The predicted molar refractivity (Wildman–Crippen MR) is 70.9 cm³/mol. The van der Waals surface area contributed by atoms with Crippen LogP contribution in [0, 0.1) is 5.82 Å². The van der Waals surface area contributed by atoms with Gasteiger partial charge in [-0.1, -0.05) is 28.9 Å². The summed E-state index contributed by atoms with van der Waals surface area (Å²) in [5, 5.41) is 4.17. The van der Waals surface area contributed by atoms with Crippen molar-refractivity contribution < 1.29 is 14.0 Å². The third-order valence-electron chi connectivity index (χ3n) is 2.29. The van der Waals surface area contributed by atoms with E-state index in [9.17, 15) is 9.18 Å². The van der Waals surface area contributed by atoms with E-state index in [-0.39, 0.29) is 5.56 Å². The lowest BCUT2D eigenvalue weighted by Crippen LogP contribution is -2.00. The standard InChI is InChI=1S/C14H9ClFNO2/c15-12-5-1-10(2-6-12)9-17-19-14(18)11-3-7-13(16)8-4-11/h1-9H/b17-9-. The first kappa shape index (κ1) is 13.2. The zero-order valence-electron chi connectivity index (χ0n) is 9.72. The summed E-state index contributed by atoms with van der Waals surface area (Å²) in [5.74, 6) is -1.06. The van der Waals surface area contributed by atoms with Crippen LogP contribution in [0.3, 0.4) is 0 Å². The maximum absolute atomic E-state index is 12.7. The third kappa shape index (κ3) is 3.89. The smallest absolute Gasteiger partial charge is 0.313 e. The molecule has 0 spiro atoms. The lowest BCUT2D eigenvalue weighted by molar-refractivity contribution is 0.0519. The maximum Gasteiger partial charge on any atom is 0.365 e. The number of hydrogen-bond acceptors (Lipinski definition) is 3. The summed E-state index contributed by atoms with van der Waals surface area (Å²) >= 11 is 5.73. The van der Waals surface area contributed by atoms with Gasteiger partial charge in [0.05, 0.1) is 11.8 Å². The second-order valence-electron chi connectivity index (χ2n) is 3.67. The highest BCUT2D eigenvalue weighted by molar-refractivity contribution is 6.30. The Labute approximate surface area is 114 Å². The Morgan fingerprint density at radius 2 is 1.74 bits per heavy atom. The quantitative estimate of drug-likeness (QED) is 0.488. The van der Waals surface area contributed by atoms with Gasteiger partial charge in [0.25, 0.3) is 0 Å². The Morgan fingerprint density at radius 3 is 2.37 bits per heavy atom. The monoisotopic (exact) mass is 277 g/mol. The molecular weight excluding hydrogens is 269 g/mol. The second-order valence-corrected chi connectivity index (χ2v) is 4.11. The van der Waals surface area contributed by atoms with Crippen molar-refractivity contribution in [2.45, 2.75) is 0 Å². The number of nitrogens with zero attached hydrogens (tertiary/aromatic N) is 1. The zero-order valence-corrected chi connectivity index (χ0v) is 10.5. The Morgan fingerprint density at radius 1 is 1.11 bits per heavy atom. The molecule has 0 radical (unpaired) electrons. The van der Waals surface area contributed by atoms with Crippen LogP contribution in [-0.2, 0) is 4.84 Å². The van der Waals surface area contributed by atoms with Gasteiger partial charge in [0, 0.05) is 5.02 Å². The molecule has 3 nitrogen and oxygen atoms in total. The maximum atomic E-state index is 12.7. The van der Waals surface area contributed by atoms with E-state index in [1.54, 1.807) is 24.3 Å². The molecule has 0 aliphatic rings. The van der Waals surface area contributed by atoms with Crippen molar-refractivity contribution in [2.24, 2.45) is 5.16 Å². The summed E-state index contributed by atoms with van der Waals surface area (Å²) in [6.45, 7) is 0. The van der Waals surface area contributed by atoms with Crippen LogP contribution in [0.4, 0.5) is 4.39 Å². The van der Waals surface area contributed by atoms with Gasteiger partial charge < -0.3 is 4.84 Å². The highest BCUT2D eigenvalue weighted by Gasteiger charge is 2.06. The molecule has 0 atom stereocenters. The van der Waals surface area contributed by atoms with E-state index in [4.69, 9.17) is 11.6 Å². The van der Waals surface area contributed by atoms with Crippen LogP contribution in [-0.4, -0.2) is 12.2 Å². The van der Waals surface area contributed by atoms with Crippen LogP contribution in [0.25, 0.3) is 0 Å². The topological polar surface area (TPSA) is 38.7 Å². The van der Waals surface area contributed by atoms with Gasteiger partial charge in [-0.25, -0.2) is 9.18 Å². The van der Waals surface area contributed by atoms with Gasteiger partial charge in [0.2, 0.25) is 0 Å². The number of benzene rings is 2. The minimum atomic E-state index is -0.648. The average Bonchev–Trinajstić information content (AvgIpc) is 2.41. The van der Waals surface area contributed by atoms with Gasteiger partial charge in [-0.3, -0.25) is 0 Å². The molecule has 2 aromatic rings. The molecule has 0 aromatic heterocycles. The molecule has 0 heterocycles. The van der Waals surface area contributed by atoms with E-state index in [0.29, 0.717) is 5.02 Å². The van der Waals surface area contributed by atoms with E-state index in [1.165, 1.54) is 30.5 Å². The van der Waals surface area contributed by atoms with Crippen LogP contribution in [0.5, 0.6) is 0 Å². The molecule has 5 heteroatoms. The number of hydrogen-bond donors (Lipinski definition) is 0. The molecule has 96 valence electrons. The lowest BCUT2D eigenvalue weighted by atomic mass is 10.2. The Balaban J connectivity index is 1.96. The molecule has 19 heavy (non-hydrogen) atoms. The normalized spacial score (nSPS) is 10.6. The molecule has 2 rings (SSSR count). The fourth-order valence-electron chi connectivity index (χ4n) is 1.32. The minimum absolute atomic E-state index is 0.231. The molecular formula is C14H9ClFNO2. The predicted octanol–water partition coefficient (Wildman–Crippen LogP) is 3.67. The van der Waals surface area contributed by atoms with Crippen molar-refractivity contribution in [3.63, 3.8) is 0 Å².